The summed E-state index contributed by atoms with van der Waals surface area (Å²) in [5.41, 5.74) is 1.91. The summed E-state index contributed by atoms with van der Waals surface area (Å²) in [6, 6.07) is 9.05. The molecule has 0 unspecified atom stereocenters. The molecule has 0 bridgehead atoms. The van der Waals surface area contributed by atoms with Crippen LogP contribution in [0.1, 0.15) is 31.8 Å². The minimum Gasteiger partial charge on any atom is -0.490 e. The summed E-state index contributed by atoms with van der Waals surface area (Å²) in [6.45, 7) is 3.27. The molecular weight excluding hydrogens is 326 g/mol. The minimum atomic E-state index is -0.816. The first-order valence-corrected chi connectivity index (χ1v) is 7.43. The molecule has 0 aliphatic rings. The van der Waals surface area contributed by atoms with Crippen molar-refractivity contribution < 1.29 is 24.0 Å². The predicted octanol–water partition coefficient (Wildman–Crippen LogP) is 3.26. The van der Waals surface area contributed by atoms with Crippen LogP contribution in [0.3, 0.4) is 0 Å². The van der Waals surface area contributed by atoms with E-state index in [4.69, 9.17) is 9.47 Å². The summed E-state index contributed by atoms with van der Waals surface area (Å²) >= 11 is 0. The summed E-state index contributed by atoms with van der Waals surface area (Å²) in [5.74, 6) is -1.12. The average molecular weight is 343 g/mol. The Bertz CT molecular complexity index is 843. The zero-order chi connectivity index (χ0) is 18.6. The van der Waals surface area contributed by atoms with Gasteiger partial charge in [0.2, 0.25) is 5.78 Å². The van der Waals surface area contributed by atoms with Crippen LogP contribution in [0.15, 0.2) is 36.4 Å². The van der Waals surface area contributed by atoms with Gasteiger partial charge in [-0.15, -0.1) is 0 Å². The average Bonchev–Trinajstić information content (AvgIpc) is 2.58. The molecule has 0 radical (unpaired) electrons. The first-order valence-electron chi connectivity index (χ1n) is 7.43. The van der Waals surface area contributed by atoms with E-state index in [1.165, 1.54) is 19.2 Å². The third-order valence-corrected chi connectivity index (χ3v) is 3.63. The highest BCUT2D eigenvalue weighted by atomic mass is 16.6. The van der Waals surface area contributed by atoms with Crippen LogP contribution in [0.25, 0.3) is 0 Å². The first-order chi connectivity index (χ1) is 11.8. The van der Waals surface area contributed by atoms with Gasteiger partial charge in [0.1, 0.15) is 0 Å². The van der Waals surface area contributed by atoms with Crippen LogP contribution in [-0.4, -0.2) is 30.4 Å². The maximum Gasteiger partial charge on any atom is 0.338 e. The lowest BCUT2D eigenvalue weighted by atomic mass is 10.0. The number of nitro benzene ring substituents is 1. The fourth-order valence-electron chi connectivity index (χ4n) is 2.38. The Hall–Kier alpha value is -3.22. The maximum absolute atomic E-state index is 12.2. The molecule has 2 aromatic carbocycles. The van der Waals surface area contributed by atoms with Crippen LogP contribution < -0.4 is 4.74 Å². The molecule has 0 saturated heterocycles. The largest absolute Gasteiger partial charge is 0.490 e. The summed E-state index contributed by atoms with van der Waals surface area (Å²) in [6.07, 6.45) is 0. The van der Waals surface area contributed by atoms with E-state index in [0.717, 1.165) is 17.2 Å². The van der Waals surface area contributed by atoms with Gasteiger partial charge in [0.15, 0.2) is 12.4 Å². The molecule has 0 heterocycles. The normalized spacial score (nSPS) is 10.2. The Labute approximate surface area is 144 Å². The van der Waals surface area contributed by atoms with Gasteiger partial charge in [0, 0.05) is 11.6 Å². The monoisotopic (exact) mass is 343 g/mol. The van der Waals surface area contributed by atoms with E-state index < -0.39 is 17.5 Å². The van der Waals surface area contributed by atoms with Gasteiger partial charge in [0.05, 0.1) is 17.6 Å². The van der Waals surface area contributed by atoms with Crippen molar-refractivity contribution in [3.05, 3.63) is 68.8 Å². The van der Waals surface area contributed by atoms with Crippen LogP contribution in [0.4, 0.5) is 5.69 Å². The van der Waals surface area contributed by atoms with Crippen molar-refractivity contribution in [1.82, 2.24) is 0 Å². The molecule has 130 valence electrons. The molecule has 7 nitrogen and oxygen atoms in total. The fraction of sp³-hybridized carbons (Fsp3) is 0.222. The number of ketones is 1. The van der Waals surface area contributed by atoms with Crippen molar-refractivity contribution in [3.63, 3.8) is 0 Å². The molecule has 2 rings (SSSR count). The quantitative estimate of drug-likeness (QED) is 0.346. The van der Waals surface area contributed by atoms with Gasteiger partial charge in [-0.2, -0.15) is 0 Å². The number of nitro groups is 1. The van der Waals surface area contributed by atoms with Crippen molar-refractivity contribution in [2.75, 3.05) is 13.7 Å². The number of ether oxygens (including phenoxy) is 2. The lowest BCUT2D eigenvalue weighted by molar-refractivity contribution is -0.385. The van der Waals surface area contributed by atoms with Crippen LogP contribution in [0, 0.1) is 24.0 Å². The highest BCUT2D eigenvalue weighted by Gasteiger charge is 2.20. The Morgan fingerprint density at radius 3 is 2.44 bits per heavy atom. The molecule has 0 aliphatic carbocycles. The zero-order valence-electron chi connectivity index (χ0n) is 14.1. The number of rotatable bonds is 6. The first kappa shape index (κ1) is 18.1. The minimum absolute atomic E-state index is 0.0269. The number of nitrogens with zero attached hydrogens (tertiary/aromatic N) is 1. The highest BCUT2D eigenvalue weighted by molar-refractivity contribution is 6.00. The second kappa shape index (κ2) is 7.57. The molecule has 2 aromatic rings. The van der Waals surface area contributed by atoms with Crippen LogP contribution in [0.2, 0.25) is 0 Å². The number of Topliss-reactive ketones (excluding diaryl/α,β-unsaturated/α-hetero) is 1. The van der Waals surface area contributed by atoms with Gasteiger partial charge in [-0.05, 0) is 31.5 Å². The van der Waals surface area contributed by atoms with Gasteiger partial charge in [-0.1, -0.05) is 23.8 Å². The summed E-state index contributed by atoms with van der Waals surface area (Å²) in [5, 5.41) is 11.0. The van der Waals surface area contributed by atoms with Gasteiger partial charge >= 0.3 is 11.7 Å². The Balaban J connectivity index is 2.11. The van der Waals surface area contributed by atoms with E-state index in [9.17, 15) is 19.7 Å². The molecule has 0 aliphatic heterocycles. The van der Waals surface area contributed by atoms with Crippen molar-refractivity contribution in [2.24, 2.45) is 0 Å². The van der Waals surface area contributed by atoms with E-state index in [1.54, 1.807) is 19.1 Å². The van der Waals surface area contributed by atoms with Gasteiger partial charge < -0.3 is 9.47 Å². The maximum atomic E-state index is 12.2. The number of hydrogen-bond acceptors (Lipinski definition) is 6. The number of carbonyl (C=O) groups excluding carboxylic acids is 2. The second-order valence-corrected chi connectivity index (χ2v) is 5.46. The SMILES string of the molecule is COc1ccc(C(=O)OCC(=O)c2ccc(C)cc2C)cc1[N+](=O)[O-]. The molecule has 25 heavy (non-hydrogen) atoms. The van der Waals surface area contributed by atoms with E-state index in [-0.39, 0.29) is 22.8 Å². The van der Waals surface area contributed by atoms with Gasteiger partial charge in [-0.25, -0.2) is 4.79 Å². The highest BCUT2D eigenvalue weighted by Crippen LogP contribution is 2.27. The lowest BCUT2D eigenvalue weighted by Gasteiger charge is -2.08. The van der Waals surface area contributed by atoms with Crippen LogP contribution >= 0.6 is 0 Å². The fourth-order valence-corrected chi connectivity index (χ4v) is 2.38. The smallest absolute Gasteiger partial charge is 0.338 e. The van der Waals surface area contributed by atoms with E-state index in [1.807, 2.05) is 13.0 Å². The number of hydrogen-bond donors (Lipinski definition) is 0. The molecule has 0 fully saturated rings. The zero-order valence-corrected chi connectivity index (χ0v) is 14.1. The Morgan fingerprint density at radius 1 is 1.12 bits per heavy atom. The molecule has 0 aromatic heterocycles. The Kier molecular flexibility index (Phi) is 5.49. The molecule has 7 heteroatoms. The number of benzene rings is 2. The van der Waals surface area contributed by atoms with Crippen molar-refractivity contribution >= 4 is 17.4 Å². The van der Waals surface area contributed by atoms with Crippen molar-refractivity contribution in [3.8, 4) is 5.75 Å². The van der Waals surface area contributed by atoms with Gasteiger partial charge in [0.25, 0.3) is 0 Å². The number of carbonyl (C=O) groups is 2. The summed E-state index contributed by atoms with van der Waals surface area (Å²) in [7, 11) is 1.29. The molecule has 0 atom stereocenters. The molecule has 0 N–H and O–H groups in total. The summed E-state index contributed by atoms with van der Waals surface area (Å²) in [4.78, 5) is 34.6. The molecule has 0 amide bonds. The number of esters is 1. The number of methoxy groups -OCH3 is 1. The van der Waals surface area contributed by atoms with Gasteiger partial charge in [-0.3, -0.25) is 14.9 Å². The van der Waals surface area contributed by atoms with E-state index >= 15 is 0 Å². The summed E-state index contributed by atoms with van der Waals surface area (Å²) < 4.78 is 9.86. The lowest BCUT2D eigenvalue weighted by Crippen LogP contribution is -2.15. The van der Waals surface area contributed by atoms with Crippen LogP contribution in [-0.2, 0) is 4.74 Å². The second-order valence-electron chi connectivity index (χ2n) is 5.46. The molecule has 0 spiro atoms. The number of aryl methyl sites for hydroxylation is 2. The Morgan fingerprint density at radius 2 is 1.84 bits per heavy atom. The predicted molar refractivity (Wildman–Crippen MR) is 90.2 cm³/mol. The standard InChI is InChI=1S/C18H17NO6/c1-11-4-6-14(12(2)8-11)16(20)10-25-18(21)13-5-7-17(24-3)15(9-13)19(22)23/h4-9H,10H2,1-3H3. The van der Waals surface area contributed by atoms with Crippen molar-refractivity contribution in [1.29, 1.82) is 0 Å². The van der Waals surface area contributed by atoms with E-state index in [2.05, 4.69) is 0 Å². The topological polar surface area (TPSA) is 95.7 Å². The third kappa shape index (κ3) is 4.20. The molecule has 0 saturated carbocycles. The van der Waals surface area contributed by atoms with E-state index in [0.29, 0.717) is 5.56 Å². The van der Waals surface area contributed by atoms with Crippen LogP contribution in [0.5, 0.6) is 5.75 Å². The van der Waals surface area contributed by atoms with Crippen molar-refractivity contribution in [2.45, 2.75) is 13.8 Å². The third-order valence-electron chi connectivity index (χ3n) is 3.63. The molecular formula is C18H17NO6.